The Morgan fingerprint density at radius 1 is 1.17 bits per heavy atom. The number of thioether (sulfide) groups is 1. The first-order valence-electron chi connectivity index (χ1n) is 11.3. The zero-order chi connectivity index (χ0) is 24.8. The lowest BCUT2D eigenvalue weighted by atomic mass is 10.2. The summed E-state index contributed by atoms with van der Waals surface area (Å²) in [6.07, 6.45) is 0.879. The zero-order valence-corrected chi connectivity index (χ0v) is 20.4. The van der Waals surface area contributed by atoms with E-state index in [4.69, 9.17) is 10.00 Å². The predicted octanol–water partition coefficient (Wildman–Crippen LogP) is 3.51. The minimum absolute atomic E-state index is 0.133. The number of ether oxygens (including phenoxy) is 1. The van der Waals surface area contributed by atoms with Gasteiger partial charge in [0.25, 0.3) is 5.56 Å². The van der Waals surface area contributed by atoms with Crippen LogP contribution in [0.15, 0.2) is 64.5 Å². The molecule has 0 bridgehead atoms. The smallest absolute Gasteiger partial charge is 0.262 e. The molecule has 4 rings (SSSR count). The molecule has 1 amide bonds. The fraction of sp³-hybridized carbons (Fsp3) is 0.320. The highest BCUT2D eigenvalue weighted by Crippen LogP contribution is 2.27. The molecule has 0 radical (unpaired) electrons. The fourth-order valence-electron chi connectivity index (χ4n) is 3.94. The van der Waals surface area contributed by atoms with Crippen molar-refractivity contribution in [1.82, 2.24) is 19.2 Å². The van der Waals surface area contributed by atoms with E-state index in [0.29, 0.717) is 48.0 Å². The quantitative estimate of drug-likeness (QED) is 0.247. The summed E-state index contributed by atoms with van der Waals surface area (Å²) < 4.78 is 8.59. The molecule has 0 aliphatic carbocycles. The molecule has 2 aromatic heterocycles. The van der Waals surface area contributed by atoms with Gasteiger partial charge in [-0.3, -0.25) is 18.6 Å². The van der Waals surface area contributed by atoms with Gasteiger partial charge in [0.15, 0.2) is 5.16 Å². The molecular weight excluding hydrogens is 464 g/mol. The van der Waals surface area contributed by atoms with Crippen molar-refractivity contribution in [2.75, 3.05) is 25.2 Å². The standard InChI is InChI=1S/C25H26N6O3S/c1-18(22(32)29(15-8-14-26)19-10-4-3-5-11-19)35-25-28-27-24-30(16-9-17-34-2)23(33)20-12-6-7-13-21(20)31(24)25/h3-7,10-13,18H,8-9,15-17H2,1-2H3. The van der Waals surface area contributed by atoms with Crippen LogP contribution >= 0.6 is 11.8 Å². The monoisotopic (exact) mass is 490 g/mol. The third-order valence-electron chi connectivity index (χ3n) is 5.62. The number of benzene rings is 2. The maximum absolute atomic E-state index is 13.4. The highest BCUT2D eigenvalue weighted by Gasteiger charge is 2.26. The molecule has 0 aliphatic rings. The maximum Gasteiger partial charge on any atom is 0.262 e. The summed E-state index contributed by atoms with van der Waals surface area (Å²) in [5.74, 6) is 0.294. The predicted molar refractivity (Wildman–Crippen MR) is 136 cm³/mol. The van der Waals surface area contributed by atoms with Crippen LogP contribution in [0.2, 0.25) is 0 Å². The summed E-state index contributed by atoms with van der Waals surface area (Å²) in [6.45, 7) is 3.07. The summed E-state index contributed by atoms with van der Waals surface area (Å²) >= 11 is 1.28. The molecule has 0 saturated heterocycles. The molecule has 2 heterocycles. The second-order valence-electron chi connectivity index (χ2n) is 7.93. The number of nitrogens with zero attached hydrogens (tertiary/aromatic N) is 6. The van der Waals surface area contributed by atoms with Crippen LogP contribution in [0.5, 0.6) is 0 Å². The number of aryl methyl sites for hydroxylation is 1. The van der Waals surface area contributed by atoms with Gasteiger partial charge in [-0.25, -0.2) is 0 Å². The van der Waals surface area contributed by atoms with Crippen LogP contribution in [-0.4, -0.2) is 50.6 Å². The van der Waals surface area contributed by atoms with E-state index < -0.39 is 5.25 Å². The Balaban J connectivity index is 1.71. The number of methoxy groups -OCH3 is 1. The summed E-state index contributed by atoms with van der Waals surface area (Å²) in [5, 5.41) is 18.3. The van der Waals surface area contributed by atoms with Gasteiger partial charge < -0.3 is 9.64 Å². The van der Waals surface area contributed by atoms with Gasteiger partial charge in [-0.1, -0.05) is 42.1 Å². The van der Waals surface area contributed by atoms with Crippen molar-refractivity contribution in [2.45, 2.75) is 36.7 Å². The number of para-hydroxylation sites is 2. The summed E-state index contributed by atoms with van der Waals surface area (Å²) in [7, 11) is 1.62. The molecule has 1 unspecified atom stereocenters. The average molecular weight is 491 g/mol. The Bertz CT molecular complexity index is 1430. The maximum atomic E-state index is 13.4. The lowest BCUT2D eigenvalue weighted by Gasteiger charge is -2.24. The Hall–Kier alpha value is -3.68. The minimum Gasteiger partial charge on any atom is -0.385 e. The second-order valence-corrected chi connectivity index (χ2v) is 9.24. The van der Waals surface area contributed by atoms with Crippen molar-refractivity contribution >= 4 is 40.0 Å². The van der Waals surface area contributed by atoms with Crippen LogP contribution in [0.1, 0.15) is 19.8 Å². The van der Waals surface area contributed by atoms with Gasteiger partial charge in [0.1, 0.15) is 0 Å². The molecule has 9 nitrogen and oxygen atoms in total. The fourth-order valence-corrected chi connectivity index (χ4v) is 4.86. The summed E-state index contributed by atoms with van der Waals surface area (Å²) in [4.78, 5) is 28.2. The Labute approximate surface area is 206 Å². The number of anilines is 1. The summed E-state index contributed by atoms with van der Waals surface area (Å²) in [6, 6.07) is 18.7. The van der Waals surface area contributed by atoms with E-state index in [9.17, 15) is 9.59 Å². The van der Waals surface area contributed by atoms with Crippen molar-refractivity contribution in [3.63, 3.8) is 0 Å². The average Bonchev–Trinajstić information content (AvgIpc) is 3.30. The largest absolute Gasteiger partial charge is 0.385 e. The molecule has 0 saturated carbocycles. The summed E-state index contributed by atoms with van der Waals surface area (Å²) in [5.41, 5.74) is 1.29. The number of aromatic nitrogens is 4. The first-order valence-corrected chi connectivity index (χ1v) is 12.2. The van der Waals surface area contributed by atoms with Gasteiger partial charge in [0.05, 0.1) is 28.6 Å². The first kappa shape index (κ1) is 24.4. The van der Waals surface area contributed by atoms with Crippen molar-refractivity contribution in [1.29, 1.82) is 5.26 Å². The van der Waals surface area contributed by atoms with Gasteiger partial charge >= 0.3 is 0 Å². The van der Waals surface area contributed by atoms with E-state index in [1.54, 1.807) is 22.6 Å². The van der Waals surface area contributed by atoms with Crippen molar-refractivity contribution in [3.05, 3.63) is 65.0 Å². The van der Waals surface area contributed by atoms with E-state index in [0.717, 1.165) is 5.69 Å². The van der Waals surface area contributed by atoms with Gasteiger partial charge in [-0.15, -0.1) is 10.2 Å². The molecular formula is C25H26N6O3S. The number of carbonyl (C=O) groups is 1. The number of rotatable bonds is 10. The van der Waals surface area contributed by atoms with Gasteiger partial charge in [0, 0.05) is 32.5 Å². The van der Waals surface area contributed by atoms with E-state index in [1.807, 2.05) is 59.9 Å². The third kappa shape index (κ3) is 5.06. The molecule has 0 spiro atoms. The SMILES string of the molecule is COCCCn1c(=O)c2ccccc2n2c(SC(C)C(=O)N(CCC#N)c3ccccc3)nnc12. The van der Waals surface area contributed by atoms with Crippen LogP contribution < -0.4 is 10.5 Å². The highest BCUT2D eigenvalue weighted by atomic mass is 32.2. The van der Waals surface area contributed by atoms with Crippen LogP contribution in [0, 0.1) is 11.3 Å². The highest BCUT2D eigenvalue weighted by molar-refractivity contribution is 8.00. The van der Waals surface area contributed by atoms with Crippen molar-refractivity contribution < 1.29 is 9.53 Å². The van der Waals surface area contributed by atoms with E-state index in [-0.39, 0.29) is 17.9 Å². The molecule has 0 N–H and O–H groups in total. The molecule has 0 aliphatic heterocycles. The molecule has 180 valence electrons. The number of hydrogen-bond acceptors (Lipinski definition) is 7. The Morgan fingerprint density at radius 3 is 2.66 bits per heavy atom. The third-order valence-corrected chi connectivity index (χ3v) is 6.65. The van der Waals surface area contributed by atoms with E-state index in [2.05, 4.69) is 16.3 Å². The topological polar surface area (TPSA) is 106 Å². The molecule has 10 heteroatoms. The van der Waals surface area contributed by atoms with Crippen LogP contribution in [0.3, 0.4) is 0 Å². The van der Waals surface area contributed by atoms with Crippen LogP contribution in [-0.2, 0) is 16.1 Å². The minimum atomic E-state index is -0.506. The second kappa shape index (κ2) is 11.2. The van der Waals surface area contributed by atoms with Gasteiger partial charge in [-0.05, 0) is 37.6 Å². The first-order chi connectivity index (χ1) is 17.1. The lowest BCUT2D eigenvalue weighted by molar-refractivity contribution is -0.117. The number of amides is 1. The molecule has 0 fully saturated rings. The molecule has 35 heavy (non-hydrogen) atoms. The van der Waals surface area contributed by atoms with Crippen molar-refractivity contribution in [2.24, 2.45) is 0 Å². The van der Waals surface area contributed by atoms with E-state index >= 15 is 0 Å². The number of nitriles is 1. The molecule has 4 aromatic rings. The van der Waals surface area contributed by atoms with Crippen molar-refractivity contribution in [3.8, 4) is 6.07 Å². The Kier molecular flexibility index (Phi) is 7.80. The van der Waals surface area contributed by atoms with Gasteiger partial charge in [-0.2, -0.15) is 5.26 Å². The number of hydrogen-bond donors (Lipinski definition) is 0. The molecule has 1 atom stereocenters. The van der Waals surface area contributed by atoms with Gasteiger partial charge in [0.2, 0.25) is 11.7 Å². The van der Waals surface area contributed by atoms with Crippen LogP contribution in [0.25, 0.3) is 16.7 Å². The normalized spacial score (nSPS) is 12.0. The number of fused-ring (bicyclic) bond motifs is 3. The molecule has 2 aromatic carbocycles. The van der Waals surface area contributed by atoms with E-state index in [1.165, 1.54) is 11.8 Å². The lowest BCUT2D eigenvalue weighted by Crippen LogP contribution is -2.37. The van der Waals surface area contributed by atoms with Crippen LogP contribution in [0.4, 0.5) is 5.69 Å². The Morgan fingerprint density at radius 2 is 1.91 bits per heavy atom. The zero-order valence-electron chi connectivity index (χ0n) is 19.6. The number of carbonyl (C=O) groups excluding carboxylic acids is 1.